The van der Waals surface area contributed by atoms with Crippen LogP contribution in [0.2, 0.25) is 5.02 Å². The highest BCUT2D eigenvalue weighted by Crippen LogP contribution is 2.35. The van der Waals surface area contributed by atoms with E-state index in [0.717, 1.165) is 5.56 Å². The van der Waals surface area contributed by atoms with Gasteiger partial charge in [-0.05, 0) is 29.8 Å². The summed E-state index contributed by atoms with van der Waals surface area (Å²) in [4.78, 5) is 10.2. The summed E-state index contributed by atoms with van der Waals surface area (Å²) >= 11 is 5.86. The highest BCUT2D eigenvalue weighted by molar-refractivity contribution is 6.30. The normalized spacial score (nSPS) is 24.3. The Hall–Kier alpha value is -1.99. The average Bonchev–Trinajstić information content (AvgIpc) is 2.56. The molecule has 0 aromatic heterocycles. The van der Waals surface area contributed by atoms with Gasteiger partial charge in [0.15, 0.2) is 6.29 Å². The first-order chi connectivity index (χ1) is 11.0. The smallest absolute Gasteiger partial charge is 0.269 e. The van der Waals surface area contributed by atoms with Gasteiger partial charge >= 0.3 is 0 Å². The van der Waals surface area contributed by atoms with Gasteiger partial charge in [-0.2, -0.15) is 0 Å². The number of non-ortho nitro benzene ring substituents is 1. The predicted octanol–water partition coefficient (Wildman–Crippen LogP) is 3.40. The molecule has 3 rings (SSSR count). The van der Waals surface area contributed by atoms with Crippen LogP contribution in [-0.4, -0.2) is 22.7 Å². The van der Waals surface area contributed by atoms with Crippen LogP contribution >= 0.6 is 11.6 Å². The molecule has 1 N–H and O–H groups in total. The van der Waals surface area contributed by atoms with Crippen LogP contribution < -0.4 is 0 Å². The lowest BCUT2D eigenvalue weighted by atomic mass is 10.0. The minimum absolute atomic E-state index is 0.00968. The zero-order chi connectivity index (χ0) is 16.4. The highest BCUT2D eigenvalue weighted by Gasteiger charge is 2.32. The zero-order valence-electron chi connectivity index (χ0n) is 12.0. The number of rotatable bonds is 3. The van der Waals surface area contributed by atoms with Crippen molar-refractivity contribution in [2.75, 3.05) is 6.61 Å². The van der Waals surface area contributed by atoms with Crippen LogP contribution in [0.25, 0.3) is 0 Å². The van der Waals surface area contributed by atoms with Crippen LogP contribution in [-0.2, 0) is 9.47 Å². The Morgan fingerprint density at radius 2 is 1.70 bits per heavy atom. The van der Waals surface area contributed by atoms with Crippen molar-refractivity contribution in [1.82, 2.24) is 0 Å². The maximum atomic E-state index is 10.7. The Morgan fingerprint density at radius 3 is 2.30 bits per heavy atom. The van der Waals surface area contributed by atoms with Crippen molar-refractivity contribution in [3.8, 4) is 0 Å². The first-order valence-corrected chi connectivity index (χ1v) is 7.37. The number of aliphatic hydroxyl groups excluding tert-OH is 1. The minimum Gasteiger partial charge on any atom is -0.388 e. The quantitative estimate of drug-likeness (QED) is 0.686. The third kappa shape index (κ3) is 3.51. The Morgan fingerprint density at radius 1 is 1.09 bits per heavy atom. The summed E-state index contributed by atoms with van der Waals surface area (Å²) in [6, 6.07) is 13.0. The molecule has 3 unspecified atom stereocenters. The van der Waals surface area contributed by atoms with E-state index in [4.69, 9.17) is 21.1 Å². The van der Waals surface area contributed by atoms with E-state index >= 15 is 0 Å². The number of nitrogens with zero attached hydrogens (tertiary/aromatic N) is 1. The van der Waals surface area contributed by atoms with Crippen LogP contribution in [0.1, 0.15) is 23.5 Å². The zero-order valence-corrected chi connectivity index (χ0v) is 12.7. The summed E-state index contributed by atoms with van der Waals surface area (Å²) in [5.74, 6) is 0. The number of ether oxygens (including phenoxy) is 2. The van der Waals surface area contributed by atoms with Gasteiger partial charge in [-0.1, -0.05) is 23.7 Å². The molecule has 23 heavy (non-hydrogen) atoms. The van der Waals surface area contributed by atoms with E-state index in [-0.39, 0.29) is 12.3 Å². The lowest BCUT2D eigenvalue weighted by Crippen LogP contribution is -2.34. The largest absolute Gasteiger partial charge is 0.388 e. The number of hydrogen-bond acceptors (Lipinski definition) is 5. The van der Waals surface area contributed by atoms with Crippen molar-refractivity contribution in [3.05, 3.63) is 74.8 Å². The monoisotopic (exact) mass is 335 g/mol. The number of nitro groups is 1. The molecule has 120 valence electrons. The first-order valence-electron chi connectivity index (χ1n) is 6.99. The second-order valence-corrected chi connectivity index (χ2v) is 5.63. The molecule has 0 amide bonds. The second kappa shape index (κ2) is 6.64. The summed E-state index contributed by atoms with van der Waals surface area (Å²) in [6.07, 6.45) is -2.10. The van der Waals surface area contributed by atoms with Crippen LogP contribution in [0.4, 0.5) is 5.69 Å². The van der Waals surface area contributed by atoms with E-state index < -0.39 is 23.4 Å². The van der Waals surface area contributed by atoms with E-state index in [9.17, 15) is 15.2 Å². The summed E-state index contributed by atoms with van der Waals surface area (Å²) < 4.78 is 11.3. The van der Waals surface area contributed by atoms with Crippen LogP contribution in [0, 0.1) is 10.1 Å². The van der Waals surface area contributed by atoms with E-state index in [1.54, 1.807) is 36.4 Å². The van der Waals surface area contributed by atoms with Gasteiger partial charge in [-0.25, -0.2) is 0 Å². The molecule has 6 nitrogen and oxygen atoms in total. The first kappa shape index (κ1) is 15.9. The Balaban J connectivity index is 1.80. The van der Waals surface area contributed by atoms with E-state index in [0.29, 0.717) is 10.6 Å². The van der Waals surface area contributed by atoms with Gasteiger partial charge in [0.05, 0.1) is 11.5 Å². The third-order valence-corrected chi connectivity index (χ3v) is 3.86. The maximum absolute atomic E-state index is 10.7. The van der Waals surface area contributed by atoms with Gasteiger partial charge < -0.3 is 14.6 Å². The van der Waals surface area contributed by atoms with Gasteiger partial charge in [0.1, 0.15) is 12.2 Å². The van der Waals surface area contributed by atoms with Crippen LogP contribution in [0.3, 0.4) is 0 Å². The molecule has 0 aliphatic carbocycles. The van der Waals surface area contributed by atoms with Gasteiger partial charge in [0.25, 0.3) is 5.69 Å². The fraction of sp³-hybridized carbons (Fsp3) is 0.250. The Labute approximate surface area is 137 Å². The fourth-order valence-corrected chi connectivity index (χ4v) is 2.54. The molecule has 7 heteroatoms. The van der Waals surface area contributed by atoms with Gasteiger partial charge in [-0.15, -0.1) is 0 Å². The van der Waals surface area contributed by atoms with Crippen molar-refractivity contribution >= 4 is 17.3 Å². The molecular weight excluding hydrogens is 322 g/mol. The second-order valence-electron chi connectivity index (χ2n) is 5.19. The average molecular weight is 336 g/mol. The molecule has 1 saturated heterocycles. The number of benzene rings is 2. The molecule has 1 fully saturated rings. The van der Waals surface area contributed by atoms with Crippen molar-refractivity contribution in [1.29, 1.82) is 0 Å². The number of aliphatic hydroxyl groups is 1. The number of nitro benzene ring substituents is 1. The van der Waals surface area contributed by atoms with Gasteiger partial charge in [-0.3, -0.25) is 10.1 Å². The molecule has 1 aliphatic heterocycles. The van der Waals surface area contributed by atoms with Crippen LogP contribution in [0.5, 0.6) is 0 Å². The molecule has 2 aromatic rings. The standard InChI is InChI=1S/C16H14ClNO5/c17-12-5-1-11(2-6-12)16-22-9-14(19)15(23-16)10-3-7-13(8-4-10)18(20)21/h1-8,14-16,19H,9H2. The SMILES string of the molecule is O=[N+]([O-])c1ccc(C2OC(c3ccc(Cl)cc3)OCC2O)cc1. The fourth-order valence-electron chi connectivity index (χ4n) is 2.42. The lowest BCUT2D eigenvalue weighted by Gasteiger charge is -2.34. The number of halogens is 1. The van der Waals surface area contributed by atoms with Crippen molar-refractivity contribution < 1.29 is 19.5 Å². The van der Waals surface area contributed by atoms with Gasteiger partial charge in [0.2, 0.25) is 0 Å². The topological polar surface area (TPSA) is 81.8 Å². The van der Waals surface area contributed by atoms with Crippen molar-refractivity contribution in [2.45, 2.75) is 18.5 Å². The predicted molar refractivity (Wildman–Crippen MR) is 83.1 cm³/mol. The molecule has 0 spiro atoms. The lowest BCUT2D eigenvalue weighted by molar-refractivity contribution is -0.384. The summed E-state index contributed by atoms with van der Waals surface area (Å²) in [6.45, 7) is 0.106. The minimum atomic E-state index is -0.847. The molecule has 0 saturated carbocycles. The van der Waals surface area contributed by atoms with Crippen molar-refractivity contribution in [3.63, 3.8) is 0 Å². The molecule has 0 radical (unpaired) electrons. The number of hydrogen-bond donors (Lipinski definition) is 1. The van der Waals surface area contributed by atoms with E-state index in [1.807, 2.05) is 0 Å². The molecule has 1 heterocycles. The molecule has 1 aliphatic rings. The molecule has 2 aromatic carbocycles. The molecule has 3 atom stereocenters. The summed E-state index contributed by atoms with van der Waals surface area (Å²) in [5.41, 5.74) is 1.43. The van der Waals surface area contributed by atoms with Gasteiger partial charge in [0, 0.05) is 22.7 Å². The van der Waals surface area contributed by atoms with E-state index in [2.05, 4.69) is 0 Å². The Bertz CT molecular complexity index is 689. The Kier molecular flexibility index (Phi) is 4.58. The molecule has 0 bridgehead atoms. The molecular formula is C16H14ClNO5. The highest BCUT2D eigenvalue weighted by atomic mass is 35.5. The summed E-state index contributed by atoms with van der Waals surface area (Å²) in [5, 5.41) is 21.4. The third-order valence-electron chi connectivity index (χ3n) is 3.61. The van der Waals surface area contributed by atoms with Crippen LogP contribution in [0.15, 0.2) is 48.5 Å². The van der Waals surface area contributed by atoms with E-state index in [1.165, 1.54) is 12.1 Å². The van der Waals surface area contributed by atoms with Crippen molar-refractivity contribution in [2.24, 2.45) is 0 Å². The summed E-state index contributed by atoms with van der Waals surface area (Å²) in [7, 11) is 0. The maximum Gasteiger partial charge on any atom is 0.269 e.